The minimum atomic E-state index is 0.0772. The van der Waals surface area contributed by atoms with E-state index in [-0.39, 0.29) is 18.3 Å². The topological polar surface area (TPSA) is 64.6 Å². The highest BCUT2D eigenvalue weighted by Crippen LogP contribution is 2.05. The van der Waals surface area contributed by atoms with Crippen molar-refractivity contribution in [2.24, 2.45) is 5.92 Å². The van der Waals surface area contributed by atoms with Crippen LogP contribution in [0.5, 0.6) is 0 Å². The molecule has 0 bridgehead atoms. The van der Waals surface area contributed by atoms with Gasteiger partial charge in [0.25, 0.3) is 0 Å². The largest absolute Gasteiger partial charge is 0.381 e. The summed E-state index contributed by atoms with van der Waals surface area (Å²) in [6.07, 6.45) is 7.92. The molecule has 0 aromatic heterocycles. The summed E-state index contributed by atoms with van der Waals surface area (Å²) in [4.78, 5) is 22.3. The number of unbranched alkanes of at least 4 members (excludes halogenated alkanes) is 4. The molecule has 26 heavy (non-hydrogen) atoms. The SMILES string of the molecule is CC.CCC(C)CC(=O)NCCCCCOCCCCCOCC(C)=O. The van der Waals surface area contributed by atoms with Gasteiger partial charge >= 0.3 is 0 Å². The lowest BCUT2D eigenvalue weighted by Gasteiger charge is -2.09. The van der Waals surface area contributed by atoms with Gasteiger partial charge in [-0.2, -0.15) is 0 Å². The Balaban J connectivity index is 0. The van der Waals surface area contributed by atoms with Gasteiger partial charge in [-0.05, 0) is 51.4 Å². The van der Waals surface area contributed by atoms with Crippen LogP contribution < -0.4 is 5.32 Å². The van der Waals surface area contributed by atoms with Gasteiger partial charge < -0.3 is 14.8 Å². The Morgan fingerprint density at radius 2 is 1.42 bits per heavy atom. The summed E-state index contributed by atoms with van der Waals surface area (Å²) in [6, 6.07) is 0. The first-order valence-corrected chi connectivity index (χ1v) is 10.5. The number of amides is 1. The van der Waals surface area contributed by atoms with E-state index in [1.165, 1.54) is 6.92 Å². The van der Waals surface area contributed by atoms with Gasteiger partial charge in [0.2, 0.25) is 5.91 Å². The molecule has 0 aromatic rings. The van der Waals surface area contributed by atoms with Crippen molar-refractivity contribution < 1.29 is 19.1 Å². The van der Waals surface area contributed by atoms with Crippen LogP contribution in [0.2, 0.25) is 0 Å². The van der Waals surface area contributed by atoms with E-state index in [4.69, 9.17) is 9.47 Å². The molecule has 0 heterocycles. The second-order valence-electron chi connectivity index (χ2n) is 6.56. The Labute approximate surface area is 161 Å². The molecule has 0 radical (unpaired) electrons. The zero-order valence-corrected chi connectivity index (χ0v) is 17.9. The summed E-state index contributed by atoms with van der Waals surface area (Å²) < 4.78 is 10.8. The average Bonchev–Trinajstić information content (AvgIpc) is 2.63. The summed E-state index contributed by atoms with van der Waals surface area (Å²) in [6.45, 7) is 13.0. The van der Waals surface area contributed by atoms with Crippen molar-refractivity contribution in [3.8, 4) is 0 Å². The van der Waals surface area contributed by atoms with E-state index in [9.17, 15) is 9.59 Å². The van der Waals surface area contributed by atoms with Gasteiger partial charge in [-0.1, -0.05) is 34.1 Å². The van der Waals surface area contributed by atoms with Crippen molar-refractivity contribution in [3.63, 3.8) is 0 Å². The molecule has 5 nitrogen and oxygen atoms in total. The van der Waals surface area contributed by atoms with Crippen molar-refractivity contribution in [2.45, 2.75) is 86.0 Å². The highest BCUT2D eigenvalue weighted by molar-refractivity contribution is 5.76. The predicted octanol–water partition coefficient (Wildman–Crippen LogP) is 4.53. The first-order chi connectivity index (χ1) is 12.6. The second kappa shape index (κ2) is 22.1. The fourth-order valence-electron chi connectivity index (χ4n) is 2.17. The van der Waals surface area contributed by atoms with Crippen molar-refractivity contribution in [1.29, 1.82) is 0 Å². The van der Waals surface area contributed by atoms with Crippen LogP contribution in [0.3, 0.4) is 0 Å². The summed E-state index contributed by atoms with van der Waals surface area (Å²) >= 11 is 0. The summed E-state index contributed by atoms with van der Waals surface area (Å²) in [5.41, 5.74) is 0. The second-order valence-corrected chi connectivity index (χ2v) is 6.56. The first kappa shape index (κ1) is 27.3. The van der Waals surface area contributed by atoms with Gasteiger partial charge in [0.15, 0.2) is 5.78 Å². The van der Waals surface area contributed by atoms with Gasteiger partial charge in [0, 0.05) is 32.8 Å². The molecule has 0 saturated carbocycles. The number of hydrogen-bond donors (Lipinski definition) is 1. The highest BCUT2D eigenvalue weighted by Gasteiger charge is 2.05. The molecule has 0 aromatic carbocycles. The lowest BCUT2D eigenvalue weighted by Crippen LogP contribution is -2.25. The Morgan fingerprint density at radius 1 is 0.885 bits per heavy atom. The molecule has 0 saturated heterocycles. The lowest BCUT2D eigenvalue weighted by molar-refractivity contribution is -0.122. The van der Waals surface area contributed by atoms with Gasteiger partial charge in [-0.15, -0.1) is 0 Å². The summed E-state index contributed by atoms with van der Waals surface area (Å²) in [7, 11) is 0. The van der Waals surface area contributed by atoms with E-state index in [1.807, 2.05) is 13.8 Å². The van der Waals surface area contributed by atoms with Gasteiger partial charge in [0.1, 0.15) is 6.61 Å². The average molecular weight is 374 g/mol. The van der Waals surface area contributed by atoms with Crippen LogP contribution in [0.25, 0.3) is 0 Å². The van der Waals surface area contributed by atoms with E-state index < -0.39 is 0 Å². The maximum atomic E-state index is 11.6. The molecule has 0 spiro atoms. The number of Topliss-reactive ketones (excluding diaryl/α,β-unsaturated/α-hetero) is 1. The van der Waals surface area contributed by atoms with Crippen LogP contribution in [0.4, 0.5) is 0 Å². The van der Waals surface area contributed by atoms with E-state index in [0.717, 1.165) is 64.7 Å². The van der Waals surface area contributed by atoms with Gasteiger partial charge in [0.05, 0.1) is 0 Å². The molecule has 1 atom stereocenters. The molecule has 1 unspecified atom stereocenters. The molecule has 5 heteroatoms. The van der Waals surface area contributed by atoms with Gasteiger partial charge in [-0.25, -0.2) is 0 Å². The van der Waals surface area contributed by atoms with Crippen LogP contribution in [0.15, 0.2) is 0 Å². The number of hydrogen-bond acceptors (Lipinski definition) is 4. The Hall–Kier alpha value is -0.940. The van der Waals surface area contributed by atoms with E-state index in [1.54, 1.807) is 0 Å². The minimum Gasteiger partial charge on any atom is -0.381 e. The predicted molar refractivity (Wildman–Crippen MR) is 108 cm³/mol. The molecule has 0 aliphatic carbocycles. The molecule has 0 fully saturated rings. The molecule has 0 aliphatic rings. The van der Waals surface area contributed by atoms with Crippen LogP contribution in [0.1, 0.15) is 86.0 Å². The fourth-order valence-corrected chi connectivity index (χ4v) is 2.17. The number of ketones is 1. The molecule has 156 valence electrons. The Bertz CT molecular complexity index is 321. The number of nitrogens with one attached hydrogen (secondary N) is 1. The van der Waals surface area contributed by atoms with Gasteiger partial charge in [-0.3, -0.25) is 9.59 Å². The molecule has 0 rings (SSSR count). The van der Waals surface area contributed by atoms with Crippen molar-refractivity contribution in [3.05, 3.63) is 0 Å². The van der Waals surface area contributed by atoms with Crippen LogP contribution in [-0.4, -0.2) is 44.7 Å². The molecule has 0 aliphatic heterocycles. The number of carbonyl (C=O) groups is 2. The third kappa shape index (κ3) is 23.1. The Kier molecular flexibility index (Phi) is 23.2. The van der Waals surface area contributed by atoms with E-state index >= 15 is 0 Å². The fraction of sp³-hybridized carbons (Fsp3) is 0.905. The van der Waals surface area contributed by atoms with E-state index in [0.29, 0.717) is 18.9 Å². The molecular formula is C21H43NO4. The third-order valence-corrected chi connectivity index (χ3v) is 3.90. The summed E-state index contributed by atoms with van der Waals surface area (Å²) in [5.74, 6) is 0.723. The zero-order chi connectivity index (χ0) is 20.0. The third-order valence-electron chi connectivity index (χ3n) is 3.90. The number of rotatable bonds is 17. The standard InChI is InChI=1S/C19H37NO4.C2H6/c1-4-17(2)15-19(22)20-11-7-5-8-12-23-13-9-6-10-14-24-16-18(3)21;1-2/h17H,4-16H2,1-3H3,(H,20,22);1-2H3. The van der Waals surface area contributed by atoms with E-state index in [2.05, 4.69) is 19.2 Å². The maximum absolute atomic E-state index is 11.6. The van der Waals surface area contributed by atoms with Crippen molar-refractivity contribution >= 4 is 11.7 Å². The maximum Gasteiger partial charge on any atom is 0.220 e. The molecular weight excluding hydrogens is 330 g/mol. The van der Waals surface area contributed by atoms with Crippen molar-refractivity contribution in [2.75, 3.05) is 33.0 Å². The lowest BCUT2D eigenvalue weighted by atomic mass is 10.1. The number of ether oxygens (including phenoxy) is 2. The van der Waals surface area contributed by atoms with Crippen LogP contribution in [0, 0.1) is 5.92 Å². The number of carbonyl (C=O) groups excluding carboxylic acids is 2. The molecule has 1 amide bonds. The zero-order valence-electron chi connectivity index (χ0n) is 17.9. The van der Waals surface area contributed by atoms with Crippen molar-refractivity contribution in [1.82, 2.24) is 5.32 Å². The highest BCUT2D eigenvalue weighted by atomic mass is 16.5. The quantitative estimate of drug-likeness (QED) is 0.381. The monoisotopic (exact) mass is 373 g/mol. The van der Waals surface area contributed by atoms with Crippen LogP contribution in [-0.2, 0) is 19.1 Å². The first-order valence-electron chi connectivity index (χ1n) is 10.5. The molecule has 1 N–H and O–H groups in total. The Morgan fingerprint density at radius 3 is 1.96 bits per heavy atom. The normalized spacial score (nSPS) is 11.4. The minimum absolute atomic E-state index is 0.0772. The summed E-state index contributed by atoms with van der Waals surface area (Å²) in [5, 5.41) is 2.98. The smallest absolute Gasteiger partial charge is 0.220 e. The van der Waals surface area contributed by atoms with Crippen LogP contribution >= 0.6 is 0 Å².